The van der Waals surface area contributed by atoms with E-state index in [4.69, 9.17) is 0 Å². The second-order valence-corrected chi connectivity index (χ2v) is 6.68. The molecule has 3 rings (SSSR count). The van der Waals surface area contributed by atoms with Crippen molar-refractivity contribution in [3.05, 3.63) is 52.6 Å². The van der Waals surface area contributed by atoms with Crippen LogP contribution in [0.25, 0.3) is 0 Å². The van der Waals surface area contributed by atoms with Gasteiger partial charge in [-0.15, -0.1) is 0 Å². The van der Waals surface area contributed by atoms with Gasteiger partial charge in [0.1, 0.15) is 13.5 Å². The molecule has 120 valence electrons. The lowest BCUT2D eigenvalue weighted by Crippen LogP contribution is -2.38. The molecule has 5 heteroatoms. The highest BCUT2D eigenvalue weighted by Gasteiger charge is 2.29. The van der Waals surface area contributed by atoms with E-state index in [1.165, 1.54) is 22.3 Å². The monoisotopic (exact) mass is 309 g/mol. The van der Waals surface area contributed by atoms with Crippen molar-refractivity contribution in [2.75, 3.05) is 38.3 Å². The van der Waals surface area contributed by atoms with Gasteiger partial charge >= 0.3 is 0 Å². The normalized spacial score (nSPS) is 18.1. The van der Waals surface area contributed by atoms with Crippen molar-refractivity contribution in [3.8, 4) is 0 Å². The summed E-state index contributed by atoms with van der Waals surface area (Å²) >= 11 is 0. The van der Waals surface area contributed by atoms with Gasteiger partial charge in [-0.2, -0.15) is 0 Å². The summed E-state index contributed by atoms with van der Waals surface area (Å²) in [6.07, 6.45) is 3.99. The summed E-state index contributed by atoms with van der Waals surface area (Å²) < 4.78 is 0. The van der Waals surface area contributed by atoms with E-state index < -0.39 is 0 Å². The maximum atomic E-state index is 12.8. The molecule has 4 nitrogen and oxygen atoms in total. The van der Waals surface area contributed by atoms with Crippen LogP contribution in [0.15, 0.2) is 41.5 Å². The van der Waals surface area contributed by atoms with Crippen LogP contribution in [0.5, 0.6) is 0 Å². The van der Waals surface area contributed by atoms with Crippen molar-refractivity contribution in [1.82, 2.24) is 9.80 Å². The van der Waals surface area contributed by atoms with Crippen LogP contribution in [0.3, 0.4) is 0 Å². The molecule has 1 amide bonds. The standard InChI is InChI=1S/C18H24BN3O/c1-13-4-6-16(14(2)10-13)21-8-9-22(12-21)18(23)17-7-5-15(19)11-20(17)3/h4-7,10H,8-9,11-12,19H2,1-3H3. The summed E-state index contributed by atoms with van der Waals surface area (Å²) in [6, 6.07) is 6.50. The van der Waals surface area contributed by atoms with Crippen molar-refractivity contribution >= 4 is 19.4 Å². The molecule has 1 saturated heterocycles. The van der Waals surface area contributed by atoms with Crippen molar-refractivity contribution in [2.24, 2.45) is 0 Å². The third-order valence-corrected chi connectivity index (χ3v) is 4.60. The third-order valence-electron chi connectivity index (χ3n) is 4.60. The predicted molar refractivity (Wildman–Crippen MR) is 97.2 cm³/mol. The first-order valence-corrected chi connectivity index (χ1v) is 8.16. The molecule has 1 fully saturated rings. The summed E-state index contributed by atoms with van der Waals surface area (Å²) in [4.78, 5) is 19.1. The molecule has 2 aliphatic heterocycles. The highest BCUT2D eigenvalue weighted by molar-refractivity contribution is 6.22. The smallest absolute Gasteiger partial charge is 0.271 e. The van der Waals surface area contributed by atoms with Crippen LogP contribution in [0.2, 0.25) is 0 Å². The topological polar surface area (TPSA) is 26.8 Å². The molecular weight excluding hydrogens is 285 g/mol. The number of nitrogens with zero attached hydrogens (tertiary/aromatic N) is 3. The minimum absolute atomic E-state index is 0.128. The fourth-order valence-electron chi connectivity index (χ4n) is 3.37. The van der Waals surface area contributed by atoms with Gasteiger partial charge in [-0.05, 0) is 31.6 Å². The molecule has 0 saturated carbocycles. The SMILES string of the molecule is BC1=CC=C(C(=O)N2CCN(c3ccc(C)cc3C)C2)N(C)C1. The van der Waals surface area contributed by atoms with Gasteiger partial charge in [-0.1, -0.05) is 29.2 Å². The molecule has 2 aliphatic rings. The number of hydrogen-bond donors (Lipinski definition) is 0. The van der Waals surface area contributed by atoms with Crippen LogP contribution in [-0.4, -0.2) is 56.9 Å². The summed E-state index contributed by atoms with van der Waals surface area (Å²) in [5.41, 5.74) is 5.84. The van der Waals surface area contributed by atoms with Crippen LogP contribution in [0.1, 0.15) is 11.1 Å². The van der Waals surface area contributed by atoms with Crippen LogP contribution >= 0.6 is 0 Å². The van der Waals surface area contributed by atoms with Gasteiger partial charge in [-0.3, -0.25) is 4.79 Å². The van der Waals surface area contributed by atoms with Gasteiger partial charge in [-0.25, -0.2) is 0 Å². The van der Waals surface area contributed by atoms with Crippen LogP contribution in [-0.2, 0) is 4.79 Å². The number of amides is 1. The van der Waals surface area contributed by atoms with Crippen molar-refractivity contribution < 1.29 is 4.79 Å². The van der Waals surface area contributed by atoms with E-state index in [0.717, 1.165) is 25.3 Å². The third kappa shape index (κ3) is 3.14. The van der Waals surface area contributed by atoms with E-state index in [1.807, 2.05) is 29.0 Å². The molecule has 0 atom stereocenters. The van der Waals surface area contributed by atoms with E-state index in [-0.39, 0.29) is 5.91 Å². The Kier molecular flexibility index (Phi) is 4.20. The predicted octanol–water partition coefficient (Wildman–Crippen LogP) is 1.26. The molecule has 0 bridgehead atoms. The molecule has 1 aromatic rings. The van der Waals surface area contributed by atoms with Gasteiger partial charge in [0.25, 0.3) is 5.91 Å². The molecule has 1 aromatic carbocycles. The zero-order valence-electron chi connectivity index (χ0n) is 14.5. The van der Waals surface area contributed by atoms with Gasteiger partial charge in [0.15, 0.2) is 0 Å². The number of hydrogen-bond acceptors (Lipinski definition) is 3. The number of likely N-dealkylation sites (N-methyl/N-ethyl adjacent to an activating group) is 1. The van der Waals surface area contributed by atoms with Gasteiger partial charge in [0, 0.05) is 32.4 Å². The molecule has 2 heterocycles. The summed E-state index contributed by atoms with van der Waals surface area (Å²) in [5.74, 6) is 0.128. The number of allylic oxidation sites excluding steroid dienone is 2. The zero-order valence-corrected chi connectivity index (χ0v) is 14.5. The Morgan fingerprint density at radius 2 is 1.96 bits per heavy atom. The molecule has 23 heavy (non-hydrogen) atoms. The Hall–Kier alpha value is -2.17. The fraction of sp³-hybridized carbons (Fsp3) is 0.389. The highest BCUT2D eigenvalue weighted by Crippen LogP contribution is 2.25. The van der Waals surface area contributed by atoms with Crippen molar-refractivity contribution in [1.29, 1.82) is 0 Å². The minimum Gasteiger partial charge on any atom is -0.367 e. The van der Waals surface area contributed by atoms with Crippen LogP contribution in [0.4, 0.5) is 5.69 Å². The number of aryl methyl sites for hydroxylation is 2. The van der Waals surface area contributed by atoms with E-state index >= 15 is 0 Å². The molecule has 0 aliphatic carbocycles. The first-order valence-electron chi connectivity index (χ1n) is 8.16. The average Bonchev–Trinajstić information content (AvgIpc) is 2.96. The zero-order chi connectivity index (χ0) is 16.6. The lowest BCUT2D eigenvalue weighted by atomic mass is 9.92. The Morgan fingerprint density at radius 1 is 1.17 bits per heavy atom. The molecular formula is C18H24BN3O. The second kappa shape index (κ2) is 6.15. The average molecular weight is 309 g/mol. The lowest BCUT2D eigenvalue weighted by Gasteiger charge is -2.28. The maximum absolute atomic E-state index is 12.8. The Labute approximate surface area is 139 Å². The Bertz CT molecular complexity index is 696. The number of carbonyl (C=O) groups is 1. The number of anilines is 1. The van der Waals surface area contributed by atoms with Crippen LogP contribution < -0.4 is 4.90 Å². The maximum Gasteiger partial charge on any atom is 0.271 e. The quantitative estimate of drug-likeness (QED) is 0.770. The first kappa shape index (κ1) is 15.7. The Balaban J connectivity index is 1.73. The van der Waals surface area contributed by atoms with E-state index in [0.29, 0.717) is 6.67 Å². The second-order valence-electron chi connectivity index (χ2n) is 6.68. The molecule has 0 N–H and O–H groups in total. The molecule has 0 spiro atoms. The Morgan fingerprint density at radius 3 is 2.65 bits per heavy atom. The molecule has 0 aromatic heterocycles. The highest BCUT2D eigenvalue weighted by atomic mass is 16.2. The molecule has 0 unspecified atom stereocenters. The number of benzene rings is 1. The van der Waals surface area contributed by atoms with Gasteiger partial charge < -0.3 is 14.7 Å². The van der Waals surface area contributed by atoms with E-state index in [2.05, 4.69) is 44.8 Å². The minimum atomic E-state index is 0.128. The number of carbonyl (C=O) groups excluding carboxylic acids is 1. The van der Waals surface area contributed by atoms with Crippen LogP contribution in [0, 0.1) is 13.8 Å². The molecule has 0 radical (unpaired) electrons. The summed E-state index contributed by atoms with van der Waals surface area (Å²) in [6.45, 7) is 7.40. The summed E-state index contributed by atoms with van der Waals surface area (Å²) in [5, 5.41) is 0. The van der Waals surface area contributed by atoms with Crippen molar-refractivity contribution in [3.63, 3.8) is 0 Å². The number of rotatable bonds is 2. The van der Waals surface area contributed by atoms with E-state index in [9.17, 15) is 4.79 Å². The van der Waals surface area contributed by atoms with Gasteiger partial charge in [0.2, 0.25) is 0 Å². The van der Waals surface area contributed by atoms with Crippen molar-refractivity contribution in [2.45, 2.75) is 13.8 Å². The van der Waals surface area contributed by atoms with Gasteiger partial charge in [0.05, 0.1) is 6.67 Å². The van der Waals surface area contributed by atoms with E-state index in [1.54, 1.807) is 0 Å². The fourth-order valence-corrected chi connectivity index (χ4v) is 3.37. The largest absolute Gasteiger partial charge is 0.367 e. The summed E-state index contributed by atoms with van der Waals surface area (Å²) in [7, 11) is 4.07. The lowest BCUT2D eigenvalue weighted by molar-refractivity contribution is -0.127. The first-order chi connectivity index (χ1) is 11.0.